The van der Waals surface area contributed by atoms with Crippen LogP contribution >= 0.6 is 8.37 Å². The summed E-state index contributed by atoms with van der Waals surface area (Å²) in [7, 11) is 9.39. The third kappa shape index (κ3) is 2.80. The Morgan fingerprint density at radius 2 is 1.70 bits per heavy atom. The molecule has 0 saturated heterocycles. The maximum atomic E-state index is 12.5. The second kappa shape index (κ2) is 6.08. The summed E-state index contributed by atoms with van der Waals surface area (Å²) in [4.78, 5) is 14.7. The Morgan fingerprint density at radius 3 is 2.35 bits per heavy atom. The van der Waals surface area contributed by atoms with Crippen LogP contribution in [0, 0.1) is 0 Å². The molecule has 0 radical (unpaired) electrons. The summed E-state index contributed by atoms with van der Waals surface area (Å²) in [5.74, 6) is 0.113. The molecule has 1 aromatic rings. The Bertz CT molecular complexity index is 494. The Hall–Kier alpha value is -1.16. The normalized spacial score (nSPS) is 18.9. The second-order valence-corrected chi connectivity index (χ2v) is 7.74. The van der Waals surface area contributed by atoms with Crippen molar-refractivity contribution in [3.05, 3.63) is 29.8 Å². The molecule has 0 aromatic heterocycles. The number of para-hydroxylation sites is 1. The smallest absolute Gasteiger partial charge is 0.261 e. The van der Waals surface area contributed by atoms with E-state index in [9.17, 15) is 4.79 Å². The fourth-order valence-corrected chi connectivity index (χ4v) is 4.61. The van der Waals surface area contributed by atoms with Crippen LogP contribution in [0.25, 0.3) is 0 Å². The van der Waals surface area contributed by atoms with Crippen LogP contribution in [0.2, 0.25) is 0 Å². The third-order valence-electron chi connectivity index (χ3n) is 3.49. The van der Waals surface area contributed by atoms with E-state index in [4.69, 9.17) is 0 Å². The monoisotopic (exact) mass is 294 g/mol. The van der Waals surface area contributed by atoms with Gasteiger partial charge in [-0.1, -0.05) is 12.1 Å². The van der Waals surface area contributed by atoms with Crippen molar-refractivity contribution in [1.29, 1.82) is 0 Å². The zero-order chi connectivity index (χ0) is 14.9. The van der Waals surface area contributed by atoms with Gasteiger partial charge in [0.25, 0.3) is 5.91 Å². The summed E-state index contributed by atoms with van der Waals surface area (Å²) < 4.78 is 6.36. The molecule has 0 bridgehead atoms. The van der Waals surface area contributed by atoms with Crippen molar-refractivity contribution in [3.63, 3.8) is 0 Å². The molecule has 20 heavy (non-hydrogen) atoms. The first kappa shape index (κ1) is 15.2. The number of hydrogen-bond donors (Lipinski definition) is 0. The van der Waals surface area contributed by atoms with Crippen molar-refractivity contribution in [3.8, 4) is 0 Å². The minimum atomic E-state index is -0.788. The number of nitrogens with zero attached hydrogens (tertiary/aromatic N) is 4. The molecule has 1 unspecified atom stereocenters. The number of likely N-dealkylation sites (N-methyl/N-ethyl adjacent to an activating group) is 2. The molecule has 6 heteroatoms. The fraction of sp³-hybridized carbons (Fsp3) is 0.500. The standard InChI is InChI=1S/C14H23N4OP/c1-15(2)10-11-16(3)20-17(4)13-9-7-6-8-12(13)14(19)18(20)5/h6-9H,10-11H2,1-5H3. The molecule has 0 spiro atoms. The van der Waals surface area contributed by atoms with Gasteiger partial charge >= 0.3 is 0 Å². The van der Waals surface area contributed by atoms with Gasteiger partial charge in [-0.25, -0.2) is 4.67 Å². The predicted molar refractivity (Wildman–Crippen MR) is 85.0 cm³/mol. The summed E-state index contributed by atoms with van der Waals surface area (Å²) >= 11 is 0. The van der Waals surface area contributed by atoms with Crippen molar-refractivity contribution >= 4 is 20.0 Å². The molecule has 1 heterocycles. The highest BCUT2D eigenvalue weighted by atomic mass is 31.2. The lowest BCUT2D eigenvalue weighted by atomic mass is 10.1. The van der Waals surface area contributed by atoms with Gasteiger partial charge in [0.15, 0.2) is 8.37 Å². The van der Waals surface area contributed by atoms with E-state index in [-0.39, 0.29) is 5.91 Å². The molecule has 110 valence electrons. The van der Waals surface area contributed by atoms with Crippen LogP contribution < -0.4 is 4.67 Å². The Labute approximate surface area is 122 Å². The summed E-state index contributed by atoms with van der Waals surface area (Å²) in [6, 6.07) is 7.83. The van der Waals surface area contributed by atoms with Gasteiger partial charge in [0.1, 0.15) is 0 Å². The molecular weight excluding hydrogens is 271 g/mol. The maximum absolute atomic E-state index is 12.5. The number of amides is 1. The Balaban J connectivity index is 2.25. The van der Waals surface area contributed by atoms with Crippen molar-refractivity contribution in [2.75, 3.05) is 53.0 Å². The molecule has 1 aliphatic rings. The third-order valence-corrected chi connectivity index (χ3v) is 5.77. The molecule has 1 aliphatic heterocycles. The van der Waals surface area contributed by atoms with E-state index in [1.807, 2.05) is 36.0 Å². The van der Waals surface area contributed by atoms with Crippen LogP contribution in [0.1, 0.15) is 10.4 Å². The van der Waals surface area contributed by atoms with E-state index in [1.165, 1.54) is 0 Å². The Morgan fingerprint density at radius 1 is 1.05 bits per heavy atom. The highest BCUT2D eigenvalue weighted by Crippen LogP contribution is 2.52. The first-order chi connectivity index (χ1) is 9.43. The fourth-order valence-electron chi connectivity index (χ4n) is 2.38. The number of carbonyl (C=O) groups is 1. The quantitative estimate of drug-likeness (QED) is 0.794. The summed E-state index contributed by atoms with van der Waals surface area (Å²) in [5, 5.41) is 0. The zero-order valence-corrected chi connectivity index (χ0v) is 13.8. The van der Waals surface area contributed by atoms with E-state index >= 15 is 0 Å². The molecule has 0 N–H and O–H groups in total. The minimum Gasteiger partial charge on any atom is -0.324 e. The molecule has 1 atom stereocenters. The predicted octanol–water partition coefficient (Wildman–Crippen LogP) is 1.93. The topological polar surface area (TPSA) is 30.0 Å². The highest BCUT2D eigenvalue weighted by Gasteiger charge is 2.36. The first-order valence-electron chi connectivity index (χ1n) is 6.70. The van der Waals surface area contributed by atoms with Crippen LogP contribution in [-0.2, 0) is 0 Å². The molecular formula is C14H23N4OP. The highest BCUT2D eigenvalue weighted by molar-refractivity contribution is 7.55. The van der Waals surface area contributed by atoms with Crippen LogP contribution in [0.15, 0.2) is 24.3 Å². The van der Waals surface area contributed by atoms with E-state index in [1.54, 1.807) is 0 Å². The van der Waals surface area contributed by atoms with Crippen molar-refractivity contribution in [1.82, 2.24) is 14.2 Å². The van der Waals surface area contributed by atoms with Crippen LogP contribution in [-0.4, -0.2) is 68.5 Å². The number of rotatable bonds is 4. The van der Waals surface area contributed by atoms with Crippen LogP contribution in [0.5, 0.6) is 0 Å². The maximum Gasteiger partial charge on any atom is 0.261 e. The lowest BCUT2D eigenvalue weighted by Gasteiger charge is -2.45. The van der Waals surface area contributed by atoms with Gasteiger partial charge in [0.05, 0.1) is 11.3 Å². The molecule has 5 nitrogen and oxygen atoms in total. The van der Waals surface area contributed by atoms with Gasteiger partial charge in [0.2, 0.25) is 0 Å². The van der Waals surface area contributed by atoms with Gasteiger partial charge in [-0.2, -0.15) is 0 Å². The van der Waals surface area contributed by atoms with Crippen molar-refractivity contribution in [2.45, 2.75) is 0 Å². The number of carbonyl (C=O) groups excluding carboxylic acids is 1. The molecule has 0 fully saturated rings. The molecule has 1 amide bonds. The van der Waals surface area contributed by atoms with Crippen molar-refractivity contribution in [2.24, 2.45) is 0 Å². The molecule has 1 aromatic carbocycles. The zero-order valence-electron chi connectivity index (χ0n) is 12.9. The van der Waals surface area contributed by atoms with Crippen LogP contribution in [0.4, 0.5) is 5.69 Å². The molecule has 0 saturated carbocycles. The average molecular weight is 294 g/mol. The average Bonchev–Trinajstić information content (AvgIpc) is 2.43. The first-order valence-corrected chi connectivity index (χ1v) is 7.90. The lowest BCUT2D eigenvalue weighted by molar-refractivity contribution is 0.0878. The van der Waals surface area contributed by atoms with Crippen LogP contribution in [0.3, 0.4) is 0 Å². The van der Waals surface area contributed by atoms with E-state index < -0.39 is 8.37 Å². The molecule has 0 aliphatic carbocycles. The summed E-state index contributed by atoms with van der Waals surface area (Å²) in [6.45, 7) is 1.91. The largest absolute Gasteiger partial charge is 0.324 e. The van der Waals surface area contributed by atoms with Gasteiger partial charge in [-0.15, -0.1) is 0 Å². The molecule has 2 rings (SSSR count). The van der Waals surface area contributed by atoms with Gasteiger partial charge < -0.3 is 9.57 Å². The Kier molecular flexibility index (Phi) is 4.63. The van der Waals surface area contributed by atoms with Gasteiger partial charge in [-0.05, 0) is 33.3 Å². The minimum absolute atomic E-state index is 0.113. The van der Waals surface area contributed by atoms with Crippen molar-refractivity contribution < 1.29 is 4.79 Å². The lowest BCUT2D eigenvalue weighted by Crippen LogP contribution is -2.41. The number of fused-ring (bicyclic) bond motifs is 1. The number of anilines is 1. The van der Waals surface area contributed by atoms with E-state index in [0.29, 0.717) is 0 Å². The number of benzene rings is 1. The second-order valence-electron chi connectivity index (χ2n) is 5.32. The van der Waals surface area contributed by atoms with Gasteiger partial charge in [-0.3, -0.25) is 9.46 Å². The SMILES string of the molecule is CN(C)CCN(C)P1N(C)C(=O)c2ccccc2N1C. The van der Waals surface area contributed by atoms with Gasteiger partial charge in [0, 0.05) is 27.2 Å². The summed E-state index contributed by atoms with van der Waals surface area (Å²) in [5.41, 5.74) is 1.82. The van der Waals surface area contributed by atoms with E-state index in [0.717, 1.165) is 24.3 Å². The van der Waals surface area contributed by atoms with E-state index in [2.05, 4.69) is 42.4 Å². The number of hydrogen-bond acceptors (Lipinski definition) is 4. The summed E-state index contributed by atoms with van der Waals surface area (Å²) in [6.07, 6.45) is 0.